The van der Waals surface area contributed by atoms with E-state index in [-0.39, 0.29) is 51.6 Å². The van der Waals surface area contributed by atoms with Crippen LogP contribution in [-0.4, -0.2) is 128 Å². The molecular formula is C46H74O14. The summed E-state index contributed by atoms with van der Waals surface area (Å²) in [6, 6.07) is 0. The van der Waals surface area contributed by atoms with Crippen molar-refractivity contribution in [3.05, 3.63) is 11.6 Å². The first kappa shape index (κ1) is 46.3. The Morgan fingerprint density at radius 2 is 1.43 bits per heavy atom. The van der Waals surface area contributed by atoms with Crippen LogP contribution in [-0.2, 0) is 33.3 Å². The molecule has 2 heterocycles. The molecule has 18 atom stereocenters. The van der Waals surface area contributed by atoms with E-state index in [0.717, 1.165) is 51.4 Å². The molecule has 60 heavy (non-hydrogen) atoms. The van der Waals surface area contributed by atoms with Crippen LogP contribution >= 0.6 is 0 Å². The highest BCUT2D eigenvalue weighted by Gasteiger charge is 2.70. The van der Waals surface area contributed by atoms with Gasteiger partial charge in [-0.3, -0.25) is 4.79 Å². The quantitative estimate of drug-likeness (QED) is 0.0762. The summed E-state index contributed by atoms with van der Waals surface area (Å²) in [5, 5.41) is 74.0. The summed E-state index contributed by atoms with van der Waals surface area (Å²) in [7, 11) is 0. The lowest BCUT2D eigenvalue weighted by molar-refractivity contribution is -0.324. The molecule has 2 aliphatic heterocycles. The van der Waals surface area contributed by atoms with Crippen molar-refractivity contribution < 1.29 is 69.0 Å². The maximum Gasteiger partial charge on any atom is 0.338 e. The molecule has 4 unspecified atom stereocenters. The molecule has 0 aromatic carbocycles. The van der Waals surface area contributed by atoms with Gasteiger partial charge in [0, 0.05) is 0 Å². The van der Waals surface area contributed by atoms with Crippen LogP contribution in [0.15, 0.2) is 11.6 Å². The Morgan fingerprint density at radius 3 is 2.12 bits per heavy atom. The molecular weight excluding hydrogens is 776 g/mol. The summed E-state index contributed by atoms with van der Waals surface area (Å²) < 4.78 is 29.4. The van der Waals surface area contributed by atoms with Gasteiger partial charge in [0.05, 0.1) is 24.7 Å². The van der Waals surface area contributed by atoms with E-state index >= 15 is 0 Å². The number of unbranched alkanes of at least 4 members (excludes halogenated alkanes) is 1. The van der Waals surface area contributed by atoms with Crippen LogP contribution in [0, 0.1) is 50.2 Å². The predicted molar refractivity (Wildman–Crippen MR) is 216 cm³/mol. The van der Waals surface area contributed by atoms with E-state index in [4.69, 9.17) is 23.7 Å². The van der Waals surface area contributed by atoms with Gasteiger partial charge in [0.2, 0.25) is 6.29 Å². The smallest absolute Gasteiger partial charge is 0.338 e. The van der Waals surface area contributed by atoms with E-state index in [9.17, 15) is 45.3 Å². The molecule has 0 bridgehead atoms. The molecule has 14 nitrogen and oxygen atoms in total. The van der Waals surface area contributed by atoms with E-state index < -0.39 is 85.4 Å². The highest BCUT2D eigenvalue weighted by Crippen LogP contribution is 2.76. The Hall–Kier alpha value is -1.72. The number of carbonyl (C=O) groups excluding carboxylic acids is 2. The molecule has 7 rings (SSSR count). The van der Waals surface area contributed by atoms with Crippen LogP contribution in [0.4, 0.5) is 0 Å². The first-order valence-corrected chi connectivity index (χ1v) is 22.8. The average molecular weight is 851 g/mol. The minimum atomic E-state index is -1.67. The lowest BCUT2D eigenvalue weighted by Crippen LogP contribution is -2.66. The molecule has 5 aliphatic carbocycles. The van der Waals surface area contributed by atoms with Crippen LogP contribution in [0.5, 0.6) is 0 Å². The van der Waals surface area contributed by atoms with Gasteiger partial charge < -0.3 is 59.4 Å². The summed E-state index contributed by atoms with van der Waals surface area (Å²) in [5.74, 6) is -0.815. The number of hydrogen-bond donors (Lipinski definition) is 7. The van der Waals surface area contributed by atoms with Crippen molar-refractivity contribution in [1.82, 2.24) is 0 Å². The summed E-state index contributed by atoms with van der Waals surface area (Å²) in [6.45, 7) is 17.8. The fourth-order valence-corrected chi connectivity index (χ4v) is 13.9. The molecule has 14 heteroatoms. The first-order valence-electron chi connectivity index (χ1n) is 22.8. The SMILES string of the molecule is CCCCOC(=O)[C@H]1O[C@@H](O[C@H]2CC[C@@]3(C)C(CC[C@]4(C)C3CC=C3C5CC(C)(C)CC[C@]5(C(=O)O[C@@H]5O[C@H](CO)[C@@H](O)[C@H](O)[C@H]5O)CCC34C)C2(C)C)[C@H](O)[C@@H](O)[C@@H]1O. The minimum absolute atomic E-state index is 0.0282. The van der Waals surface area contributed by atoms with Gasteiger partial charge in [0.1, 0.15) is 42.7 Å². The van der Waals surface area contributed by atoms with Crippen molar-refractivity contribution >= 4 is 11.9 Å². The topological polar surface area (TPSA) is 222 Å². The lowest BCUT2D eigenvalue weighted by atomic mass is 9.33. The molecule has 6 fully saturated rings. The van der Waals surface area contributed by atoms with Crippen molar-refractivity contribution in [2.75, 3.05) is 13.2 Å². The van der Waals surface area contributed by atoms with Crippen LogP contribution in [0.1, 0.15) is 132 Å². The van der Waals surface area contributed by atoms with Crippen LogP contribution < -0.4 is 0 Å². The Balaban J connectivity index is 1.13. The van der Waals surface area contributed by atoms with Crippen molar-refractivity contribution in [3.63, 3.8) is 0 Å². The van der Waals surface area contributed by atoms with Crippen LogP contribution in [0.3, 0.4) is 0 Å². The number of allylic oxidation sites excluding steroid dienone is 2. The summed E-state index contributed by atoms with van der Waals surface area (Å²) >= 11 is 0. The summed E-state index contributed by atoms with van der Waals surface area (Å²) in [4.78, 5) is 27.5. The lowest BCUT2D eigenvalue weighted by Gasteiger charge is -2.71. The molecule has 0 amide bonds. The molecule has 0 radical (unpaired) electrons. The first-order chi connectivity index (χ1) is 28.0. The second-order valence-corrected chi connectivity index (χ2v) is 21.9. The van der Waals surface area contributed by atoms with Crippen molar-refractivity contribution in [1.29, 1.82) is 0 Å². The monoisotopic (exact) mass is 851 g/mol. The molecule has 7 aliphatic rings. The summed E-state index contributed by atoms with van der Waals surface area (Å²) in [6.07, 6.45) is -3.85. The largest absolute Gasteiger partial charge is 0.464 e. The van der Waals surface area contributed by atoms with E-state index in [1.54, 1.807) is 0 Å². The number of rotatable bonds is 9. The van der Waals surface area contributed by atoms with E-state index in [2.05, 4.69) is 54.5 Å². The number of aliphatic hydroxyl groups excluding tert-OH is 7. The standard InChI is InChI=1S/C46H74O14/c1-9-10-21-56-37(54)36-33(51)32(50)35(53)39(59-36)58-29-14-15-43(6)27(42(29,4)5)13-16-45(8)28(43)12-11-24-25-22-41(2,3)17-19-46(25,20-18-44(24,45)7)40(55)60-38-34(52)31(49)30(48)26(23-47)57-38/h11,25-36,38-39,47-53H,9-10,12-23H2,1-8H3/t25?,26-,27?,28?,29+,30-,31+,32+,33+,34-,35-,36+,38+,39-,43+,44?,45-,46+/m1/s1. The van der Waals surface area contributed by atoms with Crippen LogP contribution in [0.2, 0.25) is 0 Å². The maximum absolute atomic E-state index is 14.6. The number of hydrogen-bond acceptors (Lipinski definition) is 14. The number of ether oxygens (including phenoxy) is 5. The fourth-order valence-electron chi connectivity index (χ4n) is 13.9. The molecule has 0 aromatic heterocycles. The number of fused-ring (bicyclic) bond motifs is 7. The Morgan fingerprint density at radius 1 is 0.767 bits per heavy atom. The molecule has 7 N–H and O–H groups in total. The van der Waals surface area contributed by atoms with Crippen molar-refractivity contribution in [3.8, 4) is 0 Å². The minimum Gasteiger partial charge on any atom is -0.464 e. The Bertz CT molecular complexity index is 1630. The van der Waals surface area contributed by atoms with Gasteiger partial charge in [-0.25, -0.2) is 4.79 Å². The Labute approximate surface area is 355 Å². The zero-order valence-corrected chi connectivity index (χ0v) is 37.0. The average Bonchev–Trinajstić information content (AvgIpc) is 3.19. The van der Waals surface area contributed by atoms with Crippen molar-refractivity contribution in [2.45, 2.75) is 200 Å². The van der Waals surface area contributed by atoms with Gasteiger partial charge in [0.15, 0.2) is 12.4 Å². The molecule has 4 saturated carbocycles. The third-order valence-corrected chi connectivity index (χ3v) is 17.9. The van der Waals surface area contributed by atoms with Gasteiger partial charge in [0.25, 0.3) is 0 Å². The molecule has 0 aromatic rings. The van der Waals surface area contributed by atoms with Gasteiger partial charge in [-0.1, -0.05) is 73.5 Å². The van der Waals surface area contributed by atoms with E-state index in [1.165, 1.54) is 5.57 Å². The number of esters is 2. The molecule has 342 valence electrons. The van der Waals surface area contributed by atoms with E-state index in [1.807, 2.05) is 6.92 Å². The zero-order valence-electron chi connectivity index (χ0n) is 37.0. The summed E-state index contributed by atoms with van der Waals surface area (Å²) in [5.41, 5.74) is -0.363. The van der Waals surface area contributed by atoms with Crippen LogP contribution in [0.25, 0.3) is 0 Å². The van der Waals surface area contributed by atoms with Gasteiger partial charge in [-0.15, -0.1) is 0 Å². The van der Waals surface area contributed by atoms with Gasteiger partial charge in [-0.05, 0) is 115 Å². The normalized spacial score (nSPS) is 49.5. The third-order valence-electron chi connectivity index (χ3n) is 17.9. The predicted octanol–water partition coefficient (Wildman–Crippen LogP) is 3.67. The second kappa shape index (κ2) is 16.4. The van der Waals surface area contributed by atoms with Crippen molar-refractivity contribution in [2.24, 2.45) is 50.2 Å². The molecule has 2 saturated heterocycles. The number of carbonyl (C=O) groups is 2. The highest BCUT2D eigenvalue weighted by atomic mass is 16.7. The van der Waals surface area contributed by atoms with E-state index in [0.29, 0.717) is 31.6 Å². The maximum atomic E-state index is 14.6. The number of aliphatic hydroxyl groups is 7. The fraction of sp³-hybridized carbons (Fsp3) is 0.913. The molecule has 0 spiro atoms. The van der Waals surface area contributed by atoms with Gasteiger partial charge >= 0.3 is 11.9 Å². The Kier molecular flexibility index (Phi) is 12.6. The third kappa shape index (κ3) is 7.23. The van der Waals surface area contributed by atoms with Gasteiger partial charge in [-0.2, -0.15) is 0 Å². The second-order valence-electron chi connectivity index (χ2n) is 21.9. The highest BCUT2D eigenvalue weighted by molar-refractivity contribution is 5.79. The zero-order chi connectivity index (χ0) is 44.0.